The molecule has 0 aliphatic carbocycles. The first kappa shape index (κ1) is 14.1. The number of furan rings is 1. The maximum Gasteiger partial charge on any atom is 0.372 e. The van der Waals surface area contributed by atoms with E-state index in [0.717, 1.165) is 13.1 Å². The van der Waals surface area contributed by atoms with Gasteiger partial charge in [0.15, 0.2) is 0 Å². The van der Waals surface area contributed by atoms with E-state index >= 15 is 0 Å². The molecule has 0 bridgehead atoms. The van der Waals surface area contributed by atoms with E-state index in [9.17, 15) is 4.79 Å². The van der Waals surface area contributed by atoms with E-state index in [2.05, 4.69) is 17.1 Å². The highest BCUT2D eigenvalue weighted by Gasteiger charge is 2.22. The molecule has 2 heterocycles. The van der Waals surface area contributed by atoms with Gasteiger partial charge in [-0.15, -0.1) is 0 Å². The van der Waals surface area contributed by atoms with Crippen molar-refractivity contribution in [2.75, 3.05) is 19.6 Å². The molecule has 2 N–H and O–H groups in total. The van der Waals surface area contributed by atoms with E-state index in [0.29, 0.717) is 23.9 Å². The van der Waals surface area contributed by atoms with Crippen molar-refractivity contribution in [3.63, 3.8) is 0 Å². The molecule has 1 aliphatic rings. The number of carbonyl (C=O) groups is 1. The lowest BCUT2D eigenvalue weighted by molar-refractivity contribution is 0.0659. The molecule has 0 aromatic carbocycles. The minimum atomic E-state index is -1.00. The van der Waals surface area contributed by atoms with Gasteiger partial charge in [0.25, 0.3) is 0 Å². The largest absolute Gasteiger partial charge is 0.475 e. The van der Waals surface area contributed by atoms with E-state index in [1.165, 1.54) is 19.4 Å². The SMILES string of the molecule is CCN1CCCC1CNCc1cc(C)c(C(=O)O)o1. The van der Waals surface area contributed by atoms with Crippen molar-refractivity contribution < 1.29 is 14.3 Å². The van der Waals surface area contributed by atoms with Crippen molar-refractivity contribution in [2.24, 2.45) is 0 Å². The zero-order chi connectivity index (χ0) is 13.8. The number of carboxylic acid groups (broad SMARTS) is 1. The fourth-order valence-electron chi connectivity index (χ4n) is 2.75. The normalized spacial score (nSPS) is 20.0. The molecule has 0 saturated carbocycles. The van der Waals surface area contributed by atoms with Gasteiger partial charge in [-0.2, -0.15) is 0 Å². The predicted octanol–water partition coefficient (Wildman–Crippen LogP) is 1.86. The summed E-state index contributed by atoms with van der Waals surface area (Å²) in [5.41, 5.74) is 0.681. The Balaban J connectivity index is 1.82. The number of rotatable bonds is 6. The molecule has 0 spiro atoms. The molecule has 5 heteroatoms. The van der Waals surface area contributed by atoms with Gasteiger partial charge in [0.2, 0.25) is 5.76 Å². The molecule has 19 heavy (non-hydrogen) atoms. The smallest absolute Gasteiger partial charge is 0.372 e. The summed E-state index contributed by atoms with van der Waals surface area (Å²) in [5, 5.41) is 12.3. The molecule has 1 aliphatic heterocycles. The van der Waals surface area contributed by atoms with E-state index in [-0.39, 0.29) is 5.76 Å². The van der Waals surface area contributed by atoms with Crippen molar-refractivity contribution in [2.45, 2.75) is 39.3 Å². The van der Waals surface area contributed by atoms with Crippen LogP contribution in [0.1, 0.15) is 41.6 Å². The van der Waals surface area contributed by atoms with Crippen LogP contribution < -0.4 is 5.32 Å². The van der Waals surface area contributed by atoms with Crippen molar-refractivity contribution in [1.82, 2.24) is 10.2 Å². The fraction of sp³-hybridized carbons (Fsp3) is 0.643. The molecule has 0 radical (unpaired) electrons. The average molecular weight is 266 g/mol. The Morgan fingerprint density at radius 2 is 2.42 bits per heavy atom. The van der Waals surface area contributed by atoms with Crippen LogP contribution in [0, 0.1) is 6.92 Å². The highest BCUT2D eigenvalue weighted by molar-refractivity contribution is 5.86. The monoisotopic (exact) mass is 266 g/mol. The van der Waals surface area contributed by atoms with Crippen LogP contribution >= 0.6 is 0 Å². The Hall–Kier alpha value is -1.33. The number of likely N-dealkylation sites (N-methyl/N-ethyl adjacent to an activating group) is 1. The van der Waals surface area contributed by atoms with E-state index in [1.54, 1.807) is 13.0 Å². The lowest BCUT2D eigenvalue weighted by Gasteiger charge is -2.22. The molecular formula is C14H22N2O3. The van der Waals surface area contributed by atoms with Crippen LogP contribution in [0.15, 0.2) is 10.5 Å². The Kier molecular flexibility index (Phi) is 4.61. The third-order valence-corrected chi connectivity index (χ3v) is 3.75. The molecule has 1 aromatic rings. The molecule has 2 rings (SSSR count). The van der Waals surface area contributed by atoms with Crippen LogP contribution in [0.25, 0.3) is 0 Å². The van der Waals surface area contributed by atoms with Gasteiger partial charge < -0.3 is 14.8 Å². The second kappa shape index (κ2) is 6.21. The second-order valence-corrected chi connectivity index (χ2v) is 5.09. The van der Waals surface area contributed by atoms with Crippen LogP contribution in [-0.2, 0) is 6.54 Å². The number of hydrogen-bond acceptors (Lipinski definition) is 4. The summed E-state index contributed by atoms with van der Waals surface area (Å²) in [6.07, 6.45) is 2.50. The fourth-order valence-corrected chi connectivity index (χ4v) is 2.75. The van der Waals surface area contributed by atoms with E-state index < -0.39 is 5.97 Å². The minimum absolute atomic E-state index is 0.0489. The first-order valence-electron chi connectivity index (χ1n) is 6.89. The van der Waals surface area contributed by atoms with Crippen molar-refractivity contribution in [3.8, 4) is 0 Å². The van der Waals surface area contributed by atoms with Gasteiger partial charge in [0, 0.05) is 18.2 Å². The summed E-state index contributed by atoms with van der Waals surface area (Å²) < 4.78 is 5.32. The zero-order valence-corrected chi connectivity index (χ0v) is 11.6. The Morgan fingerprint density at radius 1 is 1.63 bits per heavy atom. The van der Waals surface area contributed by atoms with E-state index in [1.807, 2.05) is 0 Å². The number of nitrogens with one attached hydrogen (secondary N) is 1. The quantitative estimate of drug-likeness (QED) is 0.822. The maximum absolute atomic E-state index is 10.9. The van der Waals surface area contributed by atoms with Crippen LogP contribution in [-0.4, -0.2) is 41.7 Å². The number of likely N-dealkylation sites (tertiary alicyclic amines) is 1. The molecule has 1 fully saturated rings. The Bertz CT molecular complexity index is 442. The molecular weight excluding hydrogens is 244 g/mol. The third-order valence-electron chi connectivity index (χ3n) is 3.75. The Labute approximate surface area is 113 Å². The number of nitrogens with zero attached hydrogens (tertiary/aromatic N) is 1. The van der Waals surface area contributed by atoms with Gasteiger partial charge in [-0.05, 0) is 38.9 Å². The maximum atomic E-state index is 10.9. The molecule has 1 saturated heterocycles. The third kappa shape index (κ3) is 3.36. The summed E-state index contributed by atoms with van der Waals surface area (Å²) in [4.78, 5) is 13.4. The molecule has 106 valence electrons. The summed E-state index contributed by atoms with van der Waals surface area (Å²) in [5.74, 6) is -0.263. The highest BCUT2D eigenvalue weighted by Crippen LogP contribution is 2.17. The lowest BCUT2D eigenvalue weighted by Crippen LogP contribution is -2.37. The number of aryl methyl sites for hydroxylation is 1. The minimum Gasteiger partial charge on any atom is -0.475 e. The topological polar surface area (TPSA) is 65.7 Å². The van der Waals surface area contributed by atoms with Crippen LogP contribution in [0.3, 0.4) is 0 Å². The van der Waals surface area contributed by atoms with Gasteiger partial charge in [0.05, 0.1) is 6.54 Å². The summed E-state index contributed by atoms with van der Waals surface area (Å²) in [7, 11) is 0. The number of hydrogen-bond donors (Lipinski definition) is 2. The van der Waals surface area contributed by atoms with Gasteiger partial charge >= 0.3 is 5.97 Å². The number of aromatic carboxylic acids is 1. The van der Waals surface area contributed by atoms with Crippen molar-refractivity contribution in [1.29, 1.82) is 0 Å². The van der Waals surface area contributed by atoms with Crippen LogP contribution in [0.2, 0.25) is 0 Å². The molecule has 1 aromatic heterocycles. The summed E-state index contributed by atoms with van der Waals surface area (Å²) in [6, 6.07) is 2.39. The summed E-state index contributed by atoms with van der Waals surface area (Å²) >= 11 is 0. The van der Waals surface area contributed by atoms with Crippen LogP contribution in [0.4, 0.5) is 0 Å². The second-order valence-electron chi connectivity index (χ2n) is 5.09. The summed E-state index contributed by atoms with van der Waals surface area (Å²) in [6.45, 7) is 7.74. The number of carboxylic acids is 1. The predicted molar refractivity (Wildman–Crippen MR) is 72.4 cm³/mol. The van der Waals surface area contributed by atoms with Crippen molar-refractivity contribution >= 4 is 5.97 Å². The van der Waals surface area contributed by atoms with Crippen LogP contribution in [0.5, 0.6) is 0 Å². The first-order valence-corrected chi connectivity index (χ1v) is 6.89. The molecule has 1 atom stereocenters. The van der Waals surface area contributed by atoms with E-state index in [4.69, 9.17) is 9.52 Å². The first-order chi connectivity index (χ1) is 9.11. The Morgan fingerprint density at radius 3 is 3.05 bits per heavy atom. The standard InChI is InChI=1S/C14H22N2O3/c1-3-16-6-4-5-11(16)8-15-9-12-7-10(2)13(19-12)14(17)18/h7,11,15H,3-6,8-9H2,1-2H3,(H,17,18). The molecule has 5 nitrogen and oxygen atoms in total. The van der Waals surface area contributed by atoms with Gasteiger partial charge in [-0.3, -0.25) is 4.90 Å². The van der Waals surface area contributed by atoms with Gasteiger partial charge in [0.1, 0.15) is 5.76 Å². The molecule has 1 unspecified atom stereocenters. The highest BCUT2D eigenvalue weighted by atomic mass is 16.4. The van der Waals surface area contributed by atoms with Gasteiger partial charge in [-0.25, -0.2) is 4.79 Å². The lowest BCUT2D eigenvalue weighted by atomic mass is 10.2. The average Bonchev–Trinajstić information content (AvgIpc) is 2.95. The molecule has 0 amide bonds. The zero-order valence-electron chi connectivity index (χ0n) is 11.6. The van der Waals surface area contributed by atoms with Crippen molar-refractivity contribution in [3.05, 3.63) is 23.2 Å². The van der Waals surface area contributed by atoms with Gasteiger partial charge in [-0.1, -0.05) is 6.92 Å².